The van der Waals surface area contributed by atoms with Crippen LogP contribution in [0.2, 0.25) is 5.02 Å². The Bertz CT molecular complexity index is 973. The zero-order chi connectivity index (χ0) is 20.6. The molecular formula is C23H22ClNO4. The Morgan fingerprint density at radius 1 is 0.966 bits per heavy atom. The van der Waals surface area contributed by atoms with Crippen molar-refractivity contribution in [1.29, 1.82) is 0 Å². The van der Waals surface area contributed by atoms with Gasteiger partial charge in [0, 0.05) is 16.8 Å². The number of hydrogen-bond donors (Lipinski definition) is 1. The van der Waals surface area contributed by atoms with E-state index in [1.54, 1.807) is 49.6 Å². The van der Waals surface area contributed by atoms with E-state index < -0.39 is 0 Å². The molecule has 0 heterocycles. The topological polar surface area (TPSA) is 56.8 Å². The molecule has 3 rings (SSSR count). The van der Waals surface area contributed by atoms with Gasteiger partial charge >= 0.3 is 0 Å². The highest BCUT2D eigenvalue weighted by Gasteiger charge is 2.12. The summed E-state index contributed by atoms with van der Waals surface area (Å²) in [6, 6.07) is 19.7. The summed E-state index contributed by atoms with van der Waals surface area (Å²) in [5.74, 6) is 1.74. The summed E-state index contributed by atoms with van der Waals surface area (Å²) >= 11 is 6.14. The number of para-hydroxylation sites is 1. The lowest BCUT2D eigenvalue weighted by atomic mass is 10.1. The Hall–Kier alpha value is -3.18. The van der Waals surface area contributed by atoms with Crippen LogP contribution >= 0.6 is 11.6 Å². The van der Waals surface area contributed by atoms with E-state index in [0.29, 0.717) is 34.4 Å². The first-order chi connectivity index (χ1) is 14.1. The van der Waals surface area contributed by atoms with Gasteiger partial charge in [0.2, 0.25) is 0 Å². The first-order valence-electron chi connectivity index (χ1n) is 9.19. The molecule has 0 spiro atoms. The molecule has 0 aliphatic rings. The number of ether oxygens (including phenoxy) is 3. The SMILES string of the molecule is CCOc1ccc(NC(=O)c2ccc(OC)c(COc3ccccc3Cl)c2)cc1. The molecule has 3 aromatic rings. The van der Waals surface area contributed by atoms with E-state index in [2.05, 4.69) is 5.32 Å². The molecule has 1 N–H and O–H groups in total. The van der Waals surface area contributed by atoms with Gasteiger partial charge in [-0.15, -0.1) is 0 Å². The number of anilines is 1. The molecule has 6 heteroatoms. The molecule has 0 saturated heterocycles. The minimum absolute atomic E-state index is 0.219. The maximum atomic E-state index is 12.7. The molecule has 5 nitrogen and oxygen atoms in total. The summed E-state index contributed by atoms with van der Waals surface area (Å²) in [4.78, 5) is 12.7. The molecule has 29 heavy (non-hydrogen) atoms. The van der Waals surface area contributed by atoms with Gasteiger partial charge in [0.1, 0.15) is 23.9 Å². The summed E-state index contributed by atoms with van der Waals surface area (Å²) in [7, 11) is 1.58. The van der Waals surface area contributed by atoms with E-state index >= 15 is 0 Å². The van der Waals surface area contributed by atoms with Gasteiger partial charge in [-0.1, -0.05) is 23.7 Å². The van der Waals surface area contributed by atoms with Gasteiger partial charge in [0.15, 0.2) is 0 Å². The van der Waals surface area contributed by atoms with Crippen molar-refractivity contribution in [3.05, 3.63) is 82.9 Å². The predicted molar refractivity (Wildman–Crippen MR) is 114 cm³/mol. The Morgan fingerprint density at radius 2 is 1.72 bits per heavy atom. The van der Waals surface area contributed by atoms with Gasteiger partial charge in [-0.05, 0) is 61.5 Å². The largest absolute Gasteiger partial charge is 0.496 e. The third-order valence-electron chi connectivity index (χ3n) is 4.19. The molecular weight excluding hydrogens is 390 g/mol. The quantitative estimate of drug-likeness (QED) is 0.525. The van der Waals surface area contributed by atoms with E-state index in [4.69, 9.17) is 25.8 Å². The van der Waals surface area contributed by atoms with Crippen molar-refractivity contribution in [2.45, 2.75) is 13.5 Å². The first kappa shape index (κ1) is 20.6. The van der Waals surface area contributed by atoms with Gasteiger partial charge in [-0.2, -0.15) is 0 Å². The van der Waals surface area contributed by atoms with Crippen molar-refractivity contribution in [2.75, 3.05) is 19.0 Å². The van der Waals surface area contributed by atoms with Crippen molar-refractivity contribution in [3.8, 4) is 17.2 Å². The van der Waals surface area contributed by atoms with E-state index in [1.165, 1.54) is 0 Å². The van der Waals surface area contributed by atoms with Gasteiger partial charge < -0.3 is 19.5 Å². The number of benzene rings is 3. The third-order valence-corrected chi connectivity index (χ3v) is 4.50. The number of amides is 1. The van der Waals surface area contributed by atoms with Crippen LogP contribution in [0.1, 0.15) is 22.8 Å². The van der Waals surface area contributed by atoms with Crippen molar-refractivity contribution < 1.29 is 19.0 Å². The number of methoxy groups -OCH3 is 1. The lowest BCUT2D eigenvalue weighted by Crippen LogP contribution is -2.13. The van der Waals surface area contributed by atoms with Crippen molar-refractivity contribution >= 4 is 23.2 Å². The highest BCUT2D eigenvalue weighted by Crippen LogP contribution is 2.27. The molecule has 0 aliphatic heterocycles. The van der Waals surface area contributed by atoms with Gasteiger partial charge in [-0.25, -0.2) is 0 Å². The smallest absolute Gasteiger partial charge is 0.255 e. The van der Waals surface area contributed by atoms with Crippen LogP contribution in [0.25, 0.3) is 0 Å². The highest BCUT2D eigenvalue weighted by molar-refractivity contribution is 6.32. The van der Waals surface area contributed by atoms with E-state index in [1.807, 2.05) is 31.2 Å². The van der Waals surface area contributed by atoms with Crippen LogP contribution in [0.3, 0.4) is 0 Å². The lowest BCUT2D eigenvalue weighted by Gasteiger charge is -2.13. The molecule has 0 bridgehead atoms. The summed E-state index contributed by atoms with van der Waals surface area (Å²) in [6.45, 7) is 2.74. The van der Waals surface area contributed by atoms with Crippen LogP contribution in [-0.2, 0) is 6.61 Å². The minimum Gasteiger partial charge on any atom is -0.496 e. The van der Waals surface area contributed by atoms with Crippen LogP contribution in [0.15, 0.2) is 66.7 Å². The number of nitrogens with one attached hydrogen (secondary N) is 1. The molecule has 3 aromatic carbocycles. The summed E-state index contributed by atoms with van der Waals surface area (Å²) in [5, 5.41) is 3.40. The van der Waals surface area contributed by atoms with Crippen LogP contribution < -0.4 is 19.5 Å². The molecule has 0 atom stereocenters. The number of hydrogen-bond acceptors (Lipinski definition) is 4. The van der Waals surface area contributed by atoms with Crippen molar-refractivity contribution in [2.24, 2.45) is 0 Å². The van der Waals surface area contributed by atoms with Crippen LogP contribution in [0.4, 0.5) is 5.69 Å². The Balaban J connectivity index is 1.73. The van der Waals surface area contributed by atoms with E-state index in [-0.39, 0.29) is 12.5 Å². The van der Waals surface area contributed by atoms with E-state index in [0.717, 1.165) is 11.3 Å². The van der Waals surface area contributed by atoms with Crippen molar-refractivity contribution in [3.63, 3.8) is 0 Å². The molecule has 1 amide bonds. The summed E-state index contributed by atoms with van der Waals surface area (Å²) in [6.07, 6.45) is 0. The van der Waals surface area contributed by atoms with Crippen LogP contribution in [-0.4, -0.2) is 19.6 Å². The highest BCUT2D eigenvalue weighted by atomic mass is 35.5. The normalized spacial score (nSPS) is 10.3. The zero-order valence-corrected chi connectivity index (χ0v) is 17.0. The fraction of sp³-hybridized carbons (Fsp3) is 0.174. The maximum Gasteiger partial charge on any atom is 0.255 e. The van der Waals surface area contributed by atoms with Crippen LogP contribution in [0.5, 0.6) is 17.2 Å². The average Bonchev–Trinajstić information content (AvgIpc) is 2.74. The lowest BCUT2D eigenvalue weighted by molar-refractivity contribution is 0.102. The Morgan fingerprint density at radius 3 is 2.41 bits per heavy atom. The second kappa shape index (κ2) is 9.85. The van der Waals surface area contributed by atoms with Gasteiger partial charge in [-0.3, -0.25) is 4.79 Å². The second-order valence-corrected chi connectivity index (χ2v) is 6.56. The number of carbonyl (C=O) groups is 1. The van der Waals surface area contributed by atoms with Gasteiger partial charge in [0.05, 0.1) is 18.7 Å². The predicted octanol–water partition coefficient (Wildman–Crippen LogP) is 5.58. The van der Waals surface area contributed by atoms with Crippen molar-refractivity contribution in [1.82, 2.24) is 0 Å². The second-order valence-electron chi connectivity index (χ2n) is 6.16. The maximum absolute atomic E-state index is 12.7. The Labute approximate surface area is 175 Å². The molecule has 0 saturated carbocycles. The Kier molecular flexibility index (Phi) is 6.98. The van der Waals surface area contributed by atoms with Gasteiger partial charge in [0.25, 0.3) is 5.91 Å². The summed E-state index contributed by atoms with van der Waals surface area (Å²) < 4.78 is 16.6. The fourth-order valence-corrected chi connectivity index (χ4v) is 2.94. The first-order valence-corrected chi connectivity index (χ1v) is 9.57. The number of halogens is 1. The standard InChI is InChI=1S/C23H22ClNO4/c1-3-28-19-11-9-18(10-12-19)25-23(26)16-8-13-21(27-2)17(14-16)15-29-22-7-5-4-6-20(22)24/h4-14H,3,15H2,1-2H3,(H,25,26). The van der Waals surface area contributed by atoms with E-state index in [9.17, 15) is 4.79 Å². The zero-order valence-electron chi connectivity index (χ0n) is 16.3. The third kappa shape index (κ3) is 5.42. The monoisotopic (exact) mass is 411 g/mol. The molecule has 0 aliphatic carbocycles. The molecule has 150 valence electrons. The fourth-order valence-electron chi connectivity index (χ4n) is 2.75. The minimum atomic E-state index is -0.226. The van der Waals surface area contributed by atoms with Crippen LogP contribution in [0, 0.1) is 0 Å². The average molecular weight is 412 g/mol. The number of carbonyl (C=O) groups excluding carboxylic acids is 1. The number of rotatable bonds is 8. The molecule has 0 radical (unpaired) electrons. The summed E-state index contributed by atoms with van der Waals surface area (Å²) in [5.41, 5.74) is 1.92. The molecule has 0 fully saturated rings. The molecule has 0 aromatic heterocycles. The molecule has 0 unspecified atom stereocenters.